The summed E-state index contributed by atoms with van der Waals surface area (Å²) < 4.78 is 24.7. The fourth-order valence-electron chi connectivity index (χ4n) is 2.69. The van der Waals surface area contributed by atoms with Crippen LogP contribution in [0.2, 0.25) is 0 Å². The van der Waals surface area contributed by atoms with E-state index in [9.17, 15) is 14.0 Å². The second-order valence-corrected chi connectivity index (χ2v) is 5.92. The fourth-order valence-corrected chi connectivity index (χ4v) is 2.69. The molecule has 0 saturated heterocycles. The van der Waals surface area contributed by atoms with E-state index in [0.717, 1.165) is 0 Å². The highest BCUT2D eigenvalue weighted by molar-refractivity contribution is 5.95. The van der Waals surface area contributed by atoms with Crippen molar-refractivity contribution in [3.8, 4) is 0 Å². The lowest BCUT2D eigenvalue weighted by atomic mass is 9.84. The van der Waals surface area contributed by atoms with E-state index < -0.39 is 17.7 Å². The van der Waals surface area contributed by atoms with Gasteiger partial charge in [0, 0.05) is 18.0 Å². The topological polar surface area (TPSA) is 64.6 Å². The number of rotatable bonds is 6. The van der Waals surface area contributed by atoms with Crippen LogP contribution in [0.15, 0.2) is 35.5 Å². The fraction of sp³-hybridized carbons (Fsp3) is 0.444. The van der Waals surface area contributed by atoms with Crippen LogP contribution in [-0.4, -0.2) is 31.2 Å². The Morgan fingerprint density at radius 1 is 1.33 bits per heavy atom. The maximum absolute atomic E-state index is 14.1. The van der Waals surface area contributed by atoms with Gasteiger partial charge in [-0.05, 0) is 32.4 Å². The number of nitrogens with one attached hydrogen (secondary N) is 1. The maximum Gasteiger partial charge on any atom is 0.336 e. The van der Waals surface area contributed by atoms with Gasteiger partial charge < -0.3 is 14.8 Å². The average Bonchev–Trinajstić information content (AvgIpc) is 2.51. The second-order valence-electron chi connectivity index (χ2n) is 5.92. The summed E-state index contributed by atoms with van der Waals surface area (Å²) in [6.45, 7) is 5.78. The van der Waals surface area contributed by atoms with E-state index in [0.29, 0.717) is 11.3 Å². The van der Waals surface area contributed by atoms with E-state index in [4.69, 9.17) is 9.47 Å². The molecule has 1 heterocycles. The van der Waals surface area contributed by atoms with Crippen molar-refractivity contribution >= 4 is 11.9 Å². The molecule has 0 unspecified atom stereocenters. The van der Waals surface area contributed by atoms with Crippen LogP contribution in [0, 0.1) is 5.82 Å². The van der Waals surface area contributed by atoms with Crippen LogP contribution in [0.5, 0.6) is 0 Å². The van der Waals surface area contributed by atoms with Crippen molar-refractivity contribution in [3.05, 3.63) is 46.9 Å². The number of carbonyl (C=O) groups excluding carboxylic acids is 2. The molecular weight excluding hydrogens is 313 g/mol. The van der Waals surface area contributed by atoms with Gasteiger partial charge in [0.25, 0.3) is 0 Å². The van der Waals surface area contributed by atoms with E-state index in [1.54, 1.807) is 25.1 Å². The van der Waals surface area contributed by atoms with Crippen LogP contribution < -0.4 is 5.32 Å². The summed E-state index contributed by atoms with van der Waals surface area (Å²) in [5.74, 6) is -1.91. The van der Waals surface area contributed by atoms with Gasteiger partial charge in [-0.2, -0.15) is 0 Å². The van der Waals surface area contributed by atoms with Gasteiger partial charge in [-0.25, -0.2) is 9.18 Å². The number of hydrogen-bond donors (Lipinski definition) is 1. The largest absolute Gasteiger partial charge is 0.460 e. The molecule has 0 aromatic heterocycles. The summed E-state index contributed by atoms with van der Waals surface area (Å²) in [6.07, 6.45) is 0.0513. The van der Waals surface area contributed by atoms with Crippen molar-refractivity contribution in [1.82, 2.24) is 5.32 Å². The minimum absolute atomic E-state index is 0.00516. The molecule has 0 fully saturated rings. The lowest BCUT2D eigenvalue weighted by Crippen LogP contribution is -2.34. The lowest BCUT2D eigenvalue weighted by molar-refractivity contribution is -0.141. The quantitative estimate of drug-likeness (QED) is 0.641. The van der Waals surface area contributed by atoms with Gasteiger partial charge in [0.1, 0.15) is 12.4 Å². The molecule has 1 aromatic carbocycles. The zero-order chi connectivity index (χ0) is 17.7. The zero-order valence-electron chi connectivity index (χ0n) is 14.1. The summed E-state index contributed by atoms with van der Waals surface area (Å²) in [6, 6.07) is 6.15. The second kappa shape index (κ2) is 8.06. The first-order valence-electron chi connectivity index (χ1n) is 7.94. The van der Waals surface area contributed by atoms with Crippen molar-refractivity contribution in [1.29, 1.82) is 0 Å². The van der Waals surface area contributed by atoms with Crippen molar-refractivity contribution in [2.45, 2.75) is 39.2 Å². The van der Waals surface area contributed by atoms with Gasteiger partial charge in [-0.3, -0.25) is 4.79 Å². The summed E-state index contributed by atoms with van der Waals surface area (Å²) in [5, 5.41) is 2.62. The molecule has 1 atom stereocenters. The van der Waals surface area contributed by atoms with E-state index >= 15 is 0 Å². The van der Waals surface area contributed by atoms with Gasteiger partial charge in [0.05, 0.1) is 18.3 Å². The zero-order valence-corrected chi connectivity index (χ0v) is 14.1. The monoisotopic (exact) mass is 335 g/mol. The number of ether oxygens (including phenoxy) is 2. The predicted molar refractivity (Wildman–Crippen MR) is 86.6 cm³/mol. The molecule has 1 aliphatic rings. The molecule has 0 spiro atoms. The van der Waals surface area contributed by atoms with Crippen LogP contribution in [0.25, 0.3) is 0 Å². The smallest absolute Gasteiger partial charge is 0.336 e. The minimum Gasteiger partial charge on any atom is -0.460 e. The van der Waals surface area contributed by atoms with Crippen LogP contribution in [-0.2, 0) is 19.1 Å². The van der Waals surface area contributed by atoms with Crippen LogP contribution >= 0.6 is 0 Å². The number of carbonyl (C=O) groups is 2. The molecule has 1 aliphatic heterocycles. The van der Waals surface area contributed by atoms with Gasteiger partial charge in [-0.15, -0.1) is 0 Å². The van der Waals surface area contributed by atoms with E-state index in [2.05, 4.69) is 5.32 Å². The first-order valence-corrected chi connectivity index (χ1v) is 7.94. The van der Waals surface area contributed by atoms with E-state index in [-0.39, 0.29) is 37.2 Å². The Hall–Kier alpha value is -2.21. The normalized spacial score (nSPS) is 17.9. The van der Waals surface area contributed by atoms with Crippen LogP contribution in [0.1, 0.15) is 38.7 Å². The number of halogens is 1. The minimum atomic E-state index is -0.654. The number of hydrogen-bond acceptors (Lipinski definition) is 4. The van der Waals surface area contributed by atoms with E-state index in [1.165, 1.54) is 6.07 Å². The van der Waals surface area contributed by atoms with Crippen LogP contribution in [0.3, 0.4) is 0 Å². The molecule has 1 N–H and O–H groups in total. The first-order chi connectivity index (χ1) is 11.4. The molecule has 0 bridgehead atoms. The Bertz CT molecular complexity index is 654. The number of benzene rings is 1. The lowest BCUT2D eigenvalue weighted by Gasteiger charge is -2.26. The molecule has 0 radical (unpaired) electrons. The highest BCUT2D eigenvalue weighted by Gasteiger charge is 2.34. The van der Waals surface area contributed by atoms with E-state index in [1.807, 2.05) is 13.8 Å². The third-order valence-corrected chi connectivity index (χ3v) is 3.74. The Labute approximate surface area is 140 Å². The van der Waals surface area contributed by atoms with Crippen molar-refractivity contribution in [2.24, 2.45) is 0 Å². The molecule has 1 amide bonds. The van der Waals surface area contributed by atoms with Crippen molar-refractivity contribution in [2.75, 3.05) is 13.2 Å². The number of allylic oxidation sites excluding steroid dienone is 1. The highest BCUT2D eigenvalue weighted by atomic mass is 19.1. The maximum atomic E-state index is 14.1. The average molecular weight is 335 g/mol. The Morgan fingerprint density at radius 3 is 2.71 bits per heavy atom. The van der Waals surface area contributed by atoms with Crippen molar-refractivity contribution < 1.29 is 23.5 Å². The molecule has 0 aliphatic carbocycles. The number of esters is 1. The third kappa shape index (κ3) is 4.41. The summed E-state index contributed by atoms with van der Waals surface area (Å²) in [4.78, 5) is 24.3. The Morgan fingerprint density at radius 2 is 2.04 bits per heavy atom. The molecule has 5 nitrogen and oxygen atoms in total. The number of amides is 1. The predicted octanol–water partition coefficient (Wildman–Crippen LogP) is 2.67. The molecule has 6 heteroatoms. The Kier molecular flexibility index (Phi) is 6.09. The van der Waals surface area contributed by atoms with Gasteiger partial charge >= 0.3 is 5.97 Å². The summed E-state index contributed by atoms with van der Waals surface area (Å²) in [7, 11) is 0. The molecular formula is C18H22FNO4. The standard InChI is InChI=1S/C18H22FNO4/c1-11(2)23-8-9-24-18(22)17-12(3)20-16(21)10-14(17)13-6-4-5-7-15(13)19/h4-7,11,14H,8-10H2,1-3H3,(H,20,21)/t14-/m0/s1. The first kappa shape index (κ1) is 18.1. The van der Waals surface area contributed by atoms with Gasteiger partial charge in [0.2, 0.25) is 5.91 Å². The van der Waals surface area contributed by atoms with Gasteiger partial charge in [-0.1, -0.05) is 18.2 Å². The van der Waals surface area contributed by atoms with Gasteiger partial charge in [0.15, 0.2) is 0 Å². The molecule has 2 rings (SSSR count). The Balaban J connectivity index is 2.19. The van der Waals surface area contributed by atoms with Crippen LogP contribution in [0.4, 0.5) is 4.39 Å². The highest BCUT2D eigenvalue weighted by Crippen LogP contribution is 2.34. The summed E-state index contributed by atoms with van der Waals surface area (Å²) in [5.41, 5.74) is 0.996. The van der Waals surface area contributed by atoms with Crippen molar-refractivity contribution in [3.63, 3.8) is 0 Å². The SMILES string of the molecule is CC1=C(C(=O)OCCOC(C)C)[C@H](c2ccccc2F)CC(=O)N1. The molecule has 130 valence electrons. The molecule has 0 saturated carbocycles. The summed E-state index contributed by atoms with van der Waals surface area (Å²) >= 11 is 0. The molecule has 1 aromatic rings. The third-order valence-electron chi connectivity index (χ3n) is 3.74. The molecule has 24 heavy (non-hydrogen) atoms.